The number of rotatable bonds is 8. The molecule has 10 heteroatoms. The van der Waals surface area contributed by atoms with E-state index in [4.69, 9.17) is 16.3 Å². The molecule has 174 valence electrons. The molecule has 1 heterocycles. The quantitative estimate of drug-likeness (QED) is 0.538. The SMILES string of the molecule is COC(=O)c1c(NC(=O)CCCN(c2cc(Cl)ccc2C)S(C)(=O)=O)sc2c1CCCC2. The first-order valence-electron chi connectivity index (χ1n) is 10.4. The van der Waals surface area contributed by atoms with Gasteiger partial charge in [-0.05, 0) is 62.3 Å². The number of amides is 1. The molecular weight excluding hydrogens is 472 g/mol. The summed E-state index contributed by atoms with van der Waals surface area (Å²) in [5.41, 5.74) is 2.70. The van der Waals surface area contributed by atoms with Gasteiger partial charge in [-0.15, -0.1) is 11.3 Å². The number of hydrogen-bond donors (Lipinski definition) is 1. The normalized spacial score (nSPS) is 13.4. The van der Waals surface area contributed by atoms with E-state index in [0.717, 1.165) is 47.9 Å². The van der Waals surface area contributed by atoms with Crippen LogP contribution in [0.15, 0.2) is 18.2 Å². The fourth-order valence-corrected chi connectivity index (χ4v) is 6.34. The molecule has 0 atom stereocenters. The maximum atomic E-state index is 12.6. The summed E-state index contributed by atoms with van der Waals surface area (Å²) in [5, 5.41) is 3.80. The molecule has 1 aromatic heterocycles. The van der Waals surface area contributed by atoms with Crippen molar-refractivity contribution >= 4 is 55.5 Å². The Hall–Kier alpha value is -2.10. The zero-order valence-corrected chi connectivity index (χ0v) is 20.8. The summed E-state index contributed by atoms with van der Waals surface area (Å²) in [6, 6.07) is 5.07. The van der Waals surface area contributed by atoms with E-state index in [0.29, 0.717) is 27.7 Å². The van der Waals surface area contributed by atoms with Gasteiger partial charge in [-0.1, -0.05) is 17.7 Å². The minimum absolute atomic E-state index is 0.106. The average molecular weight is 499 g/mol. The molecule has 7 nitrogen and oxygen atoms in total. The van der Waals surface area contributed by atoms with Gasteiger partial charge in [0, 0.05) is 22.9 Å². The number of nitrogens with one attached hydrogen (secondary N) is 1. The molecule has 0 spiro atoms. The first-order valence-corrected chi connectivity index (χ1v) is 13.4. The maximum absolute atomic E-state index is 12.6. The van der Waals surface area contributed by atoms with E-state index in [2.05, 4.69) is 5.32 Å². The van der Waals surface area contributed by atoms with E-state index in [1.54, 1.807) is 18.2 Å². The van der Waals surface area contributed by atoms with E-state index in [9.17, 15) is 18.0 Å². The van der Waals surface area contributed by atoms with Gasteiger partial charge in [0.05, 0.1) is 24.6 Å². The number of anilines is 2. The Morgan fingerprint density at radius 2 is 1.97 bits per heavy atom. The standard InChI is InChI=1S/C22H27ClN2O5S2/c1-14-10-11-15(23)13-17(14)25(32(3,28)29)12-6-9-19(26)24-21-20(22(27)30-2)16-7-4-5-8-18(16)31-21/h10-11,13H,4-9,12H2,1-3H3,(H,24,26). The van der Waals surface area contributed by atoms with Gasteiger partial charge in [-0.2, -0.15) is 0 Å². The molecule has 1 aliphatic carbocycles. The van der Waals surface area contributed by atoms with Gasteiger partial charge >= 0.3 is 5.97 Å². The van der Waals surface area contributed by atoms with Crippen LogP contribution in [-0.2, 0) is 32.4 Å². The lowest BCUT2D eigenvalue weighted by Crippen LogP contribution is -2.32. The topological polar surface area (TPSA) is 92.8 Å². The number of benzene rings is 1. The van der Waals surface area contributed by atoms with Crippen LogP contribution < -0.4 is 9.62 Å². The second kappa shape index (κ2) is 10.2. The molecule has 0 radical (unpaired) electrons. The molecule has 3 rings (SSSR count). The summed E-state index contributed by atoms with van der Waals surface area (Å²) in [4.78, 5) is 26.1. The number of fused-ring (bicyclic) bond motifs is 1. The second-order valence-corrected chi connectivity index (χ2v) is 11.3. The fraction of sp³-hybridized carbons (Fsp3) is 0.455. The van der Waals surface area contributed by atoms with Crippen molar-refractivity contribution in [1.82, 2.24) is 0 Å². The number of carbonyl (C=O) groups is 2. The van der Waals surface area contributed by atoms with E-state index >= 15 is 0 Å². The van der Waals surface area contributed by atoms with Gasteiger partial charge in [0.2, 0.25) is 15.9 Å². The third-order valence-electron chi connectivity index (χ3n) is 5.42. The smallest absolute Gasteiger partial charge is 0.341 e. The summed E-state index contributed by atoms with van der Waals surface area (Å²) >= 11 is 7.48. The van der Waals surface area contributed by atoms with Crippen LogP contribution in [0.1, 0.15) is 52.0 Å². The summed E-state index contributed by atoms with van der Waals surface area (Å²) in [6.45, 7) is 1.95. The number of halogens is 1. The number of aryl methyl sites for hydroxylation is 2. The van der Waals surface area contributed by atoms with Gasteiger partial charge in [0.25, 0.3) is 0 Å². The molecule has 1 aromatic carbocycles. The first-order chi connectivity index (χ1) is 15.1. The van der Waals surface area contributed by atoms with E-state index < -0.39 is 16.0 Å². The number of esters is 1. The van der Waals surface area contributed by atoms with Crippen LogP contribution >= 0.6 is 22.9 Å². The third-order valence-corrected chi connectivity index (χ3v) is 8.04. The zero-order valence-electron chi connectivity index (χ0n) is 18.4. The molecule has 0 aliphatic heterocycles. The predicted molar refractivity (Wildman–Crippen MR) is 129 cm³/mol. The van der Waals surface area contributed by atoms with Crippen molar-refractivity contribution in [3.63, 3.8) is 0 Å². The number of thiophene rings is 1. The van der Waals surface area contributed by atoms with Crippen molar-refractivity contribution in [2.24, 2.45) is 0 Å². The van der Waals surface area contributed by atoms with Gasteiger partial charge < -0.3 is 10.1 Å². The van der Waals surface area contributed by atoms with Crippen LogP contribution in [0.5, 0.6) is 0 Å². The Morgan fingerprint density at radius 3 is 2.66 bits per heavy atom. The highest BCUT2D eigenvalue weighted by Crippen LogP contribution is 2.38. The summed E-state index contributed by atoms with van der Waals surface area (Å²) in [6.07, 6.45) is 5.30. The molecule has 1 aliphatic rings. The lowest BCUT2D eigenvalue weighted by molar-refractivity contribution is -0.116. The minimum Gasteiger partial charge on any atom is -0.465 e. The predicted octanol–water partition coefficient (Wildman–Crippen LogP) is 4.56. The van der Waals surface area contributed by atoms with Crippen molar-refractivity contribution < 1.29 is 22.7 Å². The van der Waals surface area contributed by atoms with Gasteiger partial charge in [0.1, 0.15) is 5.00 Å². The van der Waals surface area contributed by atoms with Gasteiger partial charge in [-0.3, -0.25) is 9.10 Å². The highest BCUT2D eigenvalue weighted by atomic mass is 35.5. The Kier molecular flexibility index (Phi) is 7.84. The van der Waals surface area contributed by atoms with Crippen molar-refractivity contribution in [2.45, 2.75) is 45.4 Å². The molecule has 2 aromatic rings. The van der Waals surface area contributed by atoms with Gasteiger partial charge in [0.15, 0.2) is 0 Å². The van der Waals surface area contributed by atoms with E-state index in [-0.39, 0.29) is 18.9 Å². The van der Waals surface area contributed by atoms with Crippen LogP contribution in [0.4, 0.5) is 10.7 Å². The highest BCUT2D eigenvalue weighted by molar-refractivity contribution is 7.92. The fourth-order valence-electron chi connectivity index (χ4n) is 3.86. The molecule has 0 bridgehead atoms. The number of sulfonamides is 1. The molecule has 0 unspecified atom stereocenters. The van der Waals surface area contributed by atoms with Crippen molar-refractivity contribution in [3.8, 4) is 0 Å². The molecule has 0 fully saturated rings. The summed E-state index contributed by atoms with van der Waals surface area (Å²) < 4.78 is 30.9. The van der Waals surface area contributed by atoms with Crippen LogP contribution in [0.25, 0.3) is 0 Å². The Balaban J connectivity index is 1.70. The molecule has 0 saturated carbocycles. The van der Waals surface area contributed by atoms with Crippen LogP contribution in [0, 0.1) is 6.92 Å². The lowest BCUT2D eigenvalue weighted by atomic mass is 9.95. The Bertz CT molecular complexity index is 1130. The van der Waals surface area contributed by atoms with Gasteiger partial charge in [-0.25, -0.2) is 13.2 Å². The molecular formula is C22H27ClN2O5S2. The third kappa shape index (κ3) is 5.63. The van der Waals surface area contributed by atoms with Crippen molar-refractivity contribution in [2.75, 3.05) is 29.5 Å². The van der Waals surface area contributed by atoms with Crippen molar-refractivity contribution in [1.29, 1.82) is 0 Å². The first kappa shape index (κ1) is 24.5. The van der Waals surface area contributed by atoms with Crippen LogP contribution in [-0.4, -0.2) is 40.2 Å². The number of hydrogen-bond acceptors (Lipinski definition) is 6. The molecule has 32 heavy (non-hydrogen) atoms. The highest BCUT2D eigenvalue weighted by Gasteiger charge is 2.27. The Morgan fingerprint density at radius 1 is 1.25 bits per heavy atom. The zero-order chi connectivity index (χ0) is 23.5. The Labute approximate surface area is 197 Å². The lowest BCUT2D eigenvalue weighted by Gasteiger charge is -2.24. The minimum atomic E-state index is -3.55. The number of ether oxygens (including phenoxy) is 1. The number of methoxy groups -OCH3 is 1. The number of nitrogens with zero attached hydrogens (tertiary/aromatic N) is 1. The van der Waals surface area contributed by atoms with Crippen molar-refractivity contribution in [3.05, 3.63) is 44.8 Å². The second-order valence-electron chi connectivity index (χ2n) is 7.82. The summed E-state index contributed by atoms with van der Waals surface area (Å²) in [7, 11) is -2.22. The molecule has 0 saturated heterocycles. The monoisotopic (exact) mass is 498 g/mol. The molecule has 1 amide bonds. The van der Waals surface area contributed by atoms with Crippen LogP contribution in [0.3, 0.4) is 0 Å². The largest absolute Gasteiger partial charge is 0.465 e. The van der Waals surface area contributed by atoms with E-state index in [1.807, 2.05) is 6.92 Å². The maximum Gasteiger partial charge on any atom is 0.341 e. The van der Waals surface area contributed by atoms with Crippen LogP contribution in [0.2, 0.25) is 5.02 Å². The number of carbonyl (C=O) groups excluding carboxylic acids is 2. The van der Waals surface area contributed by atoms with E-state index in [1.165, 1.54) is 22.8 Å². The average Bonchev–Trinajstić information content (AvgIpc) is 3.09. The summed E-state index contributed by atoms with van der Waals surface area (Å²) in [5.74, 6) is -0.718. The molecule has 1 N–H and O–H groups in total.